The van der Waals surface area contributed by atoms with Crippen molar-refractivity contribution in [1.82, 2.24) is 5.43 Å². The number of carbonyl (C=O) groups excluding carboxylic acids is 1. The molecule has 0 spiro atoms. The van der Waals surface area contributed by atoms with Crippen LogP contribution in [0.4, 0.5) is 5.69 Å². The minimum absolute atomic E-state index is 0.0703. The summed E-state index contributed by atoms with van der Waals surface area (Å²) in [6.45, 7) is 0. The molecule has 0 unspecified atom stereocenters. The summed E-state index contributed by atoms with van der Waals surface area (Å²) < 4.78 is 28.1. The number of para-hydroxylation sites is 1. The van der Waals surface area contributed by atoms with Gasteiger partial charge in [0.1, 0.15) is 0 Å². The standard InChI is InChI=1S/C28H20ClN3O3S/c29-26-14-5-6-15-27(26)32-36(34,35)22-11-7-10-21(17-22)28(33)31-30-18-25-23-12-3-1-8-19(23)16-20-9-2-4-13-24(20)25/h1-18,32H,(H,31,33)/b30-18+. The van der Waals surface area contributed by atoms with Crippen LogP contribution in [-0.2, 0) is 10.0 Å². The fraction of sp³-hybridized carbons (Fsp3) is 0. The summed E-state index contributed by atoms with van der Waals surface area (Å²) in [5, 5.41) is 8.59. The van der Waals surface area contributed by atoms with E-state index in [0.717, 1.165) is 27.1 Å². The molecule has 0 aliphatic heterocycles. The Hall–Kier alpha value is -4.20. The van der Waals surface area contributed by atoms with E-state index in [9.17, 15) is 13.2 Å². The maximum absolute atomic E-state index is 12.8. The third-order valence-corrected chi connectivity index (χ3v) is 7.39. The van der Waals surface area contributed by atoms with Crippen molar-refractivity contribution in [1.29, 1.82) is 0 Å². The van der Waals surface area contributed by atoms with E-state index in [0.29, 0.717) is 0 Å². The fourth-order valence-corrected chi connectivity index (χ4v) is 5.32. The number of hydrogen-bond acceptors (Lipinski definition) is 4. The average Bonchev–Trinajstić information content (AvgIpc) is 2.89. The van der Waals surface area contributed by atoms with Crippen molar-refractivity contribution in [3.05, 3.63) is 119 Å². The molecular formula is C28H20ClN3O3S. The van der Waals surface area contributed by atoms with Crippen LogP contribution in [-0.4, -0.2) is 20.5 Å². The third-order valence-electron chi connectivity index (χ3n) is 5.70. The number of hydrogen-bond donors (Lipinski definition) is 2. The van der Waals surface area contributed by atoms with Crippen LogP contribution in [0.15, 0.2) is 113 Å². The van der Waals surface area contributed by atoms with E-state index in [4.69, 9.17) is 11.6 Å². The van der Waals surface area contributed by atoms with E-state index < -0.39 is 15.9 Å². The predicted molar refractivity (Wildman–Crippen MR) is 145 cm³/mol. The molecule has 0 radical (unpaired) electrons. The molecule has 0 aliphatic carbocycles. The highest BCUT2D eigenvalue weighted by Gasteiger charge is 2.17. The highest BCUT2D eigenvalue weighted by molar-refractivity contribution is 7.92. The maximum atomic E-state index is 12.8. The van der Waals surface area contributed by atoms with Crippen LogP contribution in [0.3, 0.4) is 0 Å². The summed E-state index contributed by atoms with van der Waals surface area (Å²) >= 11 is 6.07. The molecule has 0 saturated heterocycles. The van der Waals surface area contributed by atoms with Gasteiger partial charge in [0.2, 0.25) is 0 Å². The van der Waals surface area contributed by atoms with Gasteiger partial charge in [0.15, 0.2) is 0 Å². The first-order valence-corrected chi connectivity index (χ1v) is 12.9. The number of nitrogens with zero attached hydrogens (tertiary/aromatic N) is 1. The molecule has 0 fully saturated rings. The van der Waals surface area contributed by atoms with E-state index in [-0.39, 0.29) is 21.2 Å². The van der Waals surface area contributed by atoms with E-state index in [1.807, 2.05) is 48.5 Å². The van der Waals surface area contributed by atoms with Gasteiger partial charge in [-0.25, -0.2) is 13.8 Å². The van der Waals surface area contributed by atoms with Crippen LogP contribution in [0.5, 0.6) is 0 Å². The zero-order chi connectivity index (χ0) is 25.1. The van der Waals surface area contributed by atoms with Crippen LogP contribution in [0.25, 0.3) is 21.5 Å². The molecule has 5 rings (SSSR count). The van der Waals surface area contributed by atoms with E-state index in [1.54, 1.807) is 30.5 Å². The Morgan fingerprint density at radius 2 is 1.42 bits per heavy atom. The summed E-state index contributed by atoms with van der Waals surface area (Å²) in [5.74, 6) is -0.536. The molecule has 5 aromatic carbocycles. The number of amides is 1. The monoisotopic (exact) mass is 513 g/mol. The number of carbonyl (C=O) groups is 1. The van der Waals surface area contributed by atoms with Gasteiger partial charge in [-0.15, -0.1) is 0 Å². The second-order valence-corrected chi connectivity index (χ2v) is 10.1. The quantitative estimate of drug-likeness (QED) is 0.161. The molecular weight excluding hydrogens is 494 g/mol. The number of rotatable bonds is 6. The summed E-state index contributed by atoms with van der Waals surface area (Å²) in [4.78, 5) is 12.7. The molecule has 0 atom stereocenters. The van der Waals surface area contributed by atoms with Gasteiger partial charge in [-0.2, -0.15) is 5.10 Å². The lowest BCUT2D eigenvalue weighted by atomic mass is 9.97. The largest absolute Gasteiger partial charge is 0.278 e. The molecule has 6 nitrogen and oxygen atoms in total. The zero-order valence-corrected chi connectivity index (χ0v) is 20.4. The molecule has 0 heterocycles. The summed E-state index contributed by atoms with van der Waals surface area (Å²) in [6.07, 6.45) is 1.61. The van der Waals surface area contributed by atoms with Crippen molar-refractivity contribution < 1.29 is 13.2 Å². The summed E-state index contributed by atoms with van der Waals surface area (Å²) in [5.41, 5.74) is 3.79. The van der Waals surface area contributed by atoms with Gasteiger partial charge in [0.05, 0.1) is 21.8 Å². The molecule has 5 aromatic rings. The second-order valence-electron chi connectivity index (χ2n) is 8.04. The smallest absolute Gasteiger partial charge is 0.271 e. The van der Waals surface area contributed by atoms with Crippen LogP contribution in [0.2, 0.25) is 5.02 Å². The Labute approximate surface area is 213 Å². The lowest BCUT2D eigenvalue weighted by Gasteiger charge is -2.10. The Balaban J connectivity index is 1.40. The number of sulfonamides is 1. The molecule has 0 aromatic heterocycles. The van der Waals surface area contributed by atoms with Crippen LogP contribution < -0.4 is 10.1 Å². The molecule has 1 amide bonds. The highest BCUT2D eigenvalue weighted by Crippen LogP contribution is 2.27. The lowest BCUT2D eigenvalue weighted by molar-refractivity contribution is 0.0955. The van der Waals surface area contributed by atoms with Gasteiger partial charge in [-0.3, -0.25) is 9.52 Å². The molecule has 0 aliphatic rings. The van der Waals surface area contributed by atoms with Gasteiger partial charge in [0.25, 0.3) is 15.9 Å². The number of benzene rings is 5. The maximum Gasteiger partial charge on any atom is 0.271 e. The van der Waals surface area contributed by atoms with Gasteiger partial charge in [-0.1, -0.05) is 78.3 Å². The van der Waals surface area contributed by atoms with Crippen LogP contribution >= 0.6 is 11.6 Å². The molecule has 8 heteroatoms. The normalized spacial score (nSPS) is 11.7. The fourth-order valence-electron chi connectivity index (χ4n) is 3.96. The molecule has 0 bridgehead atoms. The van der Waals surface area contributed by atoms with Gasteiger partial charge in [-0.05, 0) is 57.9 Å². The number of halogens is 1. The third kappa shape index (κ3) is 4.79. The number of hydrazone groups is 1. The molecule has 0 saturated carbocycles. The lowest BCUT2D eigenvalue weighted by Crippen LogP contribution is -2.19. The minimum Gasteiger partial charge on any atom is -0.278 e. The summed E-state index contributed by atoms with van der Waals surface area (Å²) in [6, 6.07) is 30.3. The average molecular weight is 514 g/mol. The van der Waals surface area contributed by atoms with Crippen LogP contribution in [0.1, 0.15) is 15.9 Å². The molecule has 2 N–H and O–H groups in total. The zero-order valence-electron chi connectivity index (χ0n) is 18.9. The van der Waals surface area contributed by atoms with Crippen molar-refractivity contribution in [3.63, 3.8) is 0 Å². The molecule has 36 heavy (non-hydrogen) atoms. The van der Waals surface area contributed by atoms with Crippen molar-refractivity contribution in [2.75, 3.05) is 4.72 Å². The van der Waals surface area contributed by atoms with Crippen LogP contribution in [0, 0.1) is 0 Å². The van der Waals surface area contributed by atoms with Crippen molar-refractivity contribution in [3.8, 4) is 0 Å². The Morgan fingerprint density at radius 1 is 0.778 bits per heavy atom. The summed E-state index contributed by atoms with van der Waals surface area (Å²) in [7, 11) is -3.96. The van der Waals surface area contributed by atoms with Gasteiger partial charge < -0.3 is 0 Å². The molecule has 178 valence electrons. The van der Waals surface area contributed by atoms with Crippen molar-refractivity contribution in [2.24, 2.45) is 5.10 Å². The Morgan fingerprint density at radius 3 is 2.11 bits per heavy atom. The van der Waals surface area contributed by atoms with Crippen molar-refractivity contribution >= 4 is 61.0 Å². The van der Waals surface area contributed by atoms with Crippen molar-refractivity contribution in [2.45, 2.75) is 4.90 Å². The van der Waals surface area contributed by atoms with Gasteiger partial charge >= 0.3 is 0 Å². The van der Waals surface area contributed by atoms with Gasteiger partial charge in [0, 0.05) is 11.1 Å². The van der Waals surface area contributed by atoms with E-state index in [2.05, 4.69) is 21.3 Å². The van der Waals surface area contributed by atoms with E-state index >= 15 is 0 Å². The first-order chi connectivity index (χ1) is 17.4. The Bertz CT molecular complexity index is 1700. The SMILES string of the molecule is O=C(N/N=C/c1c2ccccc2cc2ccccc12)c1cccc(S(=O)(=O)Nc2ccccc2Cl)c1. The first kappa shape index (κ1) is 23.5. The highest BCUT2D eigenvalue weighted by atomic mass is 35.5. The number of fused-ring (bicyclic) bond motifs is 2. The second kappa shape index (κ2) is 9.81. The first-order valence-electron chi connectivity index (χ1n) is 11.0. The van der Waals surface area contributed by atoms with E-state index in [1.165, 1.54) is 24.3 Å². The topological polar surface area (TPSA) is 87.6 Å². The Kier molecular flexibility index (Phi) is 6.41. The predicted octanol–water partition coefficient (Wildman–Crippen LogP) is 6.21. The number of anilines is 1. The minimum atomic E-state index is -3.96. The number of nitrogens with one attached hydrogen (secondary N) is 2.